The molecule has 1 N–H and O–H groups in total. The van der Waals surface area contributed by atoms with Crippen molar-refractivity contribution in [3.63, 3.8) is 0 Å². The van der Waals surface area contributed by atoms with Gasteiger partial charge in [-0.2, -0.15) is 0 Å². The molecule has 0 bridgehead atoms. The molecule has 0 amide bonds. The minimum atomic E-state index is 0.611. The van der Waals surface area contributed by atoms with Crippen LogP contribution in [0.3, 0.4) is 0 Å². The SMILES string of the molecule is Cc1cc(Br)cc(CNC2CCCC2)c1OCc1ccccc1. The summed E-state index contributed by atoms with van der Waals surface area (Å²) in [6, 6.07) is 15.3. The molecule has 122 valence electrons. The van der Waals surface area contributed by atoms with Crippen molar-refractivity contribution in [2.45, 2.75) is 51.8 Å². The van der Waals surface area contributed by atoms with Crippen molar-refractivity contribution in [3.05, 3.63) is 63.6 Å². The predicted octanol–water partition coefficient (Wildman–Crippen LogP) is 5.37. The Morgan fingerprint density at radius 1 is 1.13 bits per heavy atom. The Kier molecular flexibility index (Phi) is 5.74. The lowest BCUT2D eigenvalue weighted by Gasteiger charge is -2.18. The van der Waals surface area contributed by atoms with Crippen LogP contribution in [-0.4, -0.2) is 6.04 Å². The van der Waals surface area contributed by atoms with E-state index in [0.717, 1.165) is 16.8 Å². The maximum Gasteiger partial charge on any atom is 0.127 e. The topological polar surface area (TPSA) is 21.3 Å². The van der Waals surface area contributed by atoms with Crippen molar-refractivity contribution in [3.8, 4) is 5.75 Å². The van der Waals surface area contributed by atoms with Crippen LogP contribution < -0.4 is 10.1 Å². The van der Waals surface area contributed by atoms with Crippen molar-refractivity contribution in [2.24, 2.45) is 0 Å². The van der Waals surface area contributed by atoms with Gasteiger partial charge in [0, 0.05) is 22.6 Å². The first-order valence-corrected chi connectivity index (χ1v) is 9.21. The van der Waals surface area contributed by atoms with Crippen LogP contribution in [0.2, 0.25) is 0 Å². The summed E-state index contributed by atoms with van der Waals surface area (Å²) in [5.74, 6) is 1.02. The summed E-state index contributed by atoms with van der Waals surface area (Å²) in [6.07, 6.45) is 5.31. The molecule has 2 aromatic carbocycles. The second kappa shape index (κ2) is 7.98. The molecule has 1 aliphatic carbocycles. The number of hydrogen-bond donors (Lipinski definition) is 1. The summed E-state index contributed by atoms with van der Waals surface area (Å²) < 4.78 is 7.28. The summed E-state index contributed by atoms with van der Waals surface area (Å²) in [4.78, 5) is 0. The van der Waals surface area contributed by atoms with E-state index in [1.54, 1.807) is 0 Å². The fourth-order valence-electron chi connectivity index (χ4n) is 3.25. The normalized spacial score (nSPS) is 15.0. The summed E-state index contributed by atoms with van der Waals surface area (Å²) >= 11 is 3.61. The zero-order valence-electron chi connectivity index (χ0n) is 13.6. The Balaban J connectivity index is 1.71. The highest BCUT2D eigenvalue weighted by molar-refractivity contribution is 9.10. The minimum absolute atomic E-state index is 0.611. The quantitative estimate of drug-likeness (QED) is 0.734. The number of nitrogens with one attached hydrogen (secondary N) is 1. The molecule has 2 nitrogen and oxygen atoms in total. The molecule has 0 radical (unpaired) electrons. The van der Waals surface area contributed by atoms with E-state index in [0.29, 0.717) is 12.6 Å². The van der Waals surface area contributed by atoms with Gasteiger partial charge in [-0.15, -0.1) is 0 Å². The van der Waals surface area contributed by atoms with Gasteiger partial charge in [-0.1, -0.05) is 59.1 Å². The average molecular weight is 374 g/mol. The zero-order valence-corrected chi connectivity index (χ0v) is 15.2. The van der Waals surface area contributed by atoms with E-state index in [2.05, 4.69) is 64.6 Å². The largest absolute Gasteiger partial charge is 0.488 e. The van der Waals surface area contributed by atoms with Crippen LogP contribution in [-0.2, 0) is 13.2 Å². The second-order valence-electron chi connectivity index (χ2n) is 6.35. The monoisotopic (exact) mass is 373 g/mol. The number of benzene rings is 2. The smallest absolute Gasteiger partial charge is 0.127 e. The summed E-state index contributed by atoms with van der Waals surface area (Å²) in [5, 5.41) is 3.69. The molecule has 1 saturated carbocycles. The molecule has 2 aromatic rings. The third kappa shape index (κ3) is 4.58. The third-order valence-electron chi connectivity index (χ3n) is 4.48. The van der Waals surface area contributed by atoms with Crippen LogP contribution in [0.1, 0.15) is 42.4 Å². The second-order valence-corrected chi connectivity index (χ2v) is 7.26. The van der Waals surface area contributed by atoms with E-state index in [-0.39, 0.29) is 0 Å². The number of hydrogen-bond acceptors (Lipinski definition) is 2. The molecule has 1 aliphatic rings. The Bertz CT molecular complexity index is 636. The molecule has 0 aliphatic heterocycles. The maximum absolute atomic E-state index is 6.16. The van der Waals surface area contributed by atoms with Crippen LogP contribution in [0.25, 0.3) is 0 Å². The lowest BCUT2D eigenvalue weighted by atomic mass is 10.1. The molecule has 23 heavy (non-hydrogen) atoms. The Labute approximate surface area is 147 Å². The highest BCUT2D eigenvalue weighted by Gasteiger charge is 2.16. The van der Waals surface area contributed by atoms with E-state index in [1.165, 1.54) is 42.4 Å². The fraction of sp³-hybridized carbons (Fsp3) is 0.400. The van der Waals surface area contributed by atoms with Gasteiger partial charge in [0.1, 0.15) is 12.4 Å². The van der Waals surface area contributed by atoms with E-state index < -0.39 is 0 Å². The number of aryl methyl sites for hydroxylation is 1. The molecule has 0 aromatic heterocycles. The molecule has 0 saturated heterocycles. The van der Waals surface area contributed by atoms with Gasteiger partial charge in [-0.3, -0.25) is 0 Å². The fourth-order valence-corrected chi connectivity index (χ4v) is 3.87. The molecule has 0 atom stereocenters. The van der Waals surface area contributed by atoms with Crippen LogP contribution in [0.15, 0.2) is 46.9 Å². The first-order chi connectivity index (χ1) is 11.2. The Morgan fingerprint density at radius 3 is 2.61 bits per heavy atom. The van der Waals surface area contributed by atoms with E-state index >= 15 is 0 Å². The standard InChI is InChI=1S/C20H24BrNO/c1-15-11-18(21)12-17(13-22-19-9-5-6-10-19)20(15)23-14-16-7-3-2-4-8-16/h2-4,7-8,11-12,19,22H,5-6,9-10,13-14H2,1H3. The minimum Gasteiger partial charge on any atom is -0.488 e. The van der Waals surface area contributed by atoms with Gasteiger partial charge in [-0.05, 0) is 43.0 Å². The lowest BCUT2D eigenvalue weighted by Crippen LogP contribution is -2.25. The third-order valence-corrected chi connectivity index (χ3v) is 4.94. The zero-order chi connectivity index (χ0) is 16.1. The van der Waals surface area contributed by atoms with E-state index in [4.69, 9.17) is 4.74 Å². The van der Waals surface area contributed by atoms with Crippen molar-refractivity contribution in [2.75, 3.05) is 0 Å². The number of halogens is 1. The summed E-state index contributed by atoms with van der Waals surface area (Å²) in [6.45, 7) is 3.60. The molecule has 1 fully saturated rings. The van der Waals surface area contributed by atoms with Crippen molar-refractivity contribution >= 4 is 15.9 Å². The Morgan fingerprint density at radius 2 is 1.87 bits per heavy atom. The molecule has 0 heterocycles. The van der Waals surface area contributed by atoms with Gasteiger partial charge in [0.15, 0.2) is 0 Å². The molecule has 3 rings (SSSR count). The van der Waals surface area contributed by atoms with Gasteiger partial charge in [0.2, 0.25) is 0 Å². The first kappa shape index (κ1) is 16.5. The molecule has 0 spiro atoms. The van der Waals surface area contributed by atoms with Crippen LogP contribution in [0, 0.1) is 6.92 Å². The van der Waals surface area contributed by atoms with Gasteiger partial charge in [0.05, 0.1) is 0 Å². The summed E-state index contributed by atoms with van der Waals surface area (Å²) in [7, 11) is 0. The molecular weight excluding hydrogens is 350 g/mol. The lowest BCUT2D eigenvalue weighted by molar-refractivity contribution is 0.299. The molecule has 3 heteroatoms. The number of ether oxygens (including phenoxy) is 1. The van der Waals surface area contributed by atoms with Gasteiger partial charge in [0.25, 0.3) is 0 Å². The maximum atomic E-state index is 6.16. The van der Waals surface area contributed by atoms with Gasteiger partial charge < -0.3 is 10.1 Å². The molecule has 0 unspecified atom stereocenters. The highest BCUT2D eigenvalue weighted by atomic mass is 79.9. The van der Waals surface area contributed by atoms with E-state index in [1.807, 2.05) is 6.07 Å². The van der Waals surface area contributed by atoms with E-state index in [9.17, 15) is 0 Å². The first-order valence-electron chi connectivity index (χ1n) is 8.41. The van der Waals surface area contributed by atoms with Crippen LogP contribution in [0.4, 0.5) is 0 Å². The van der Waals surface area contributed by atoms with Crippen molar-refractivity contribution < 1.29 is 4.74 Å². The Hall–Kier alpha value is -1.32. The van der Waals surface area contributed by atoms with Gasteiger partial charge in [-0.25, -0.2) is 0 Å². The predicted molar refractivity (Wildman–Crippen MR) is 98.7 cm³/mol. The van der Waals surface area contributed by atoms with Gasteiger partial charge >= 0.3 is 0 Å². The highest BCUT2D eigenvalue weighted by Crippen LogP contribution is 2.29. The van der Waals surface area contributed by atoms with Crippen LogP contribution in [0.5, 0.6) is 5.75 Å². The van der Waals surface area contributed by atoms with Crippen molar-refractivity contribution in [1.82, 2.24) is 5.32 Å². The molecular formula is C20H24BrNO. The van der Waals surface area contributed by atoms with Crippen molar-refractivity contribution in [1.29, 1.82) is 0 Å². The summed E-state index contributed by atoms with van der Waals surface area (Å²) in [5.41, 5.74) is 3.61. The number of rotatable bonds is 6. The average Bonchev–Trinajstić information content (AvgIpc) is 3.06. The van der Waals surface area contributed by atoms with Crippen LogP contribution >= 0.6 is 15.9 Å².